The van der Waals surface area contributed by atoms with E-state index in [2.05, 4.69) is 4.74 Å². The van der Waals surface area contributed by atoms with Crippen molar-refractivity contribution in [2.24, 2.45) is 0 Å². The van der Waals surface area contributed by atoms with Crippen molar-refractivity contribution in [1.29, 1.82) is 0 Å². The molecule has 18 heavy (non-hydrogen) atoms. The van der Waals surface area contributed by atoms with E-state index in [-0.39, 0.29) is 0 Å². The maximum absolute atomic E-state index is 13.4. The lowest BCUT2D eigenvalue weighted by Crippen LogP contribution is -2.10. The SMILES string of the molecule is COC(=O)c1cc(S(C)(=O)=O)c(F)cc1[N+](=O)[O-]. The summed E-state index contributed by atoms with van der Waals surface area (Å²) in [5.74, 6) is -2.41. The molecule has 0 aromatic heterocycles. The van der Waals surface area contributed by atoms with Crippen molar-refractivity contribution in [2.45, 2.75) is 4.90 Å². The topological polar surface area (TPSA) is 104 Å². The van der Waals surface area contributed by atoms with Gasteiger partial charge in [-0.15, -0.1) is 0 Å². The van der Waals surface area contributed by atoms with Crippen LogP contribution in [-0.2, 0) is 14.6 Å². The Bertz CT molecular complexity index is 624. The molecule has 0 unspecified atom stereocenters. The molecule has 0 heterocycles. The molecule has 0 saturated heterocycles. The molecule has 0 amide bonds. The van der Waals surface area contributed by atoms with Gasteiger partial charge in [0.1, 0.15) is 16.3 Å². The van der Waals surface area contributed by atoms with Gasteiger partial charge in [-0.3, -0.25) is 10.1 Å². The number of sulfone groups is 1. The number of hydrogen-bond donors (Lipinski definition) is 0. The molecule has 1 rings (SSSR count). The van der Waals surface area contributed by atoms with Crippen LogP contribution in [0.1, 0.15) is 10.4 Å². The monoisotopic (exact) mass is 277 g/mol. The molecule has 0 saturated carbocycles. The van der Waals surface area contributed by atoms with Crippen LogP contribution in [0, 0.1) is 15.9 Å². The Kier molecular flexibility index (Phi) is 3.65. The lowest BCUT2D eigenvalue weighted by atomic mass is 10.2. The van der Waals surface area contributed by atoms with Crippen molar-refractivity contribution >= 4 is 21.5 Å². The molecule has 0 aliphatic carbocycles. The van der Waals surface area contributed by atoms with E-state index in [0.29, 0.717) is 12.1 Å². The standard InChI is InChI=1S/C9H8FNO6S/c1-17-9(12)5-3-8(18(2,15)16)6(10)4-7(5)11(13)14/h3-4H,1-2H3. The van der Waals surface area contributed by atoms with Gasteiger partial charge in [0.15, 0.2) is 9.84 Å². The Balaban J connectivity index is 3.66. The Hall–Kier alpha value is -2.03. The summed E-state index contributed by atoms with van der Waals surface area (Å²) in [5.41, 5.74) is -1.48. The molecule has 0 atom stereocenters. The number of methoxy groups -OCH3 is 1. The maximum Gasteiger partial charge on any atom is 0.344 e. The number of nitrogens with zero attached hydrogens (tertiary/aromatic N) is 1. The van der Waals surface area contributed by atoms with Crippen LogP contribution < -0.4 is 0 Å². The predicted molar refractivity (Wildman–Crippen MR) is 57.5 cm³/mol. The number of nitro groups is 1. The van der Waals surface area contributed by atoms with E-state index in [1.54, 1.807) is 0 Å². The minimum absolute atomic E-state index is 0.378. The normalized spacial score (nSPS) is 11.1. The zero-order valence-corrected chi connectivity index (χ0v) is 10.2. The van der Waals surface area contributed by atoms with Crippen molar-refractivity contribution in [3.05, 3.63) is 33.6 Å². The predicted octanol–water partition coefficient (Wildman–Crippen LogP) is 0.924. The third-order valence-electron chi connectivity index (χ3n) is 2.05. The third-order valence-corrected chi connectivity index (χ3v) is 3.16. The Morgan fingerprint density at radius 3 is 2.39 bits per heavy atom. The van der Waals surface area contributed by atoms with E-state index >= 15 is 0 Å². The zero-order valence-electron chi connectivity index (χ0n) is 9.34. The number of esters is 1. The first-order valence-electron chi connectivity index (χ1n) is 4.44. The molecule has 0 fully saturated rings. The van der Waals surface area contributed by atoms with Crippen molar-refractivity contribution in [1.82, 2.24) is 0 Å². The van der Waals surface area contributed by atoms with Crippen molar-refractivity contribution < 1.29 is 27.3 Å². The van der Waals surface area contributed by atoms with Crippen LogP contribution in [0.2, 0.25) is 0 Å². The van der Waals surface area contributed by atoms with Gasteiger partial charge in [-0.1, -0.05) is 0 Å². The summed E-state index contributed by atoms with van der Waals surface area (Å²) >= 11 is 0. The molecule has 7 nitrogen and oxygen atoms in total. The van der Waals surface area contributed by atoms with E-state index < -0.39 is 42.7 Å². The second kappa shape index (κ2) is 4.69. The fourth-order valence-electron chi connectivity index (χ4n) is 1.25. The third kappa shape index (κ3) is 2.62. The van der Waals surface area contributed by atoms with Crippen LogP contribution in [0.4, 0.5) is 10.1 Å². The number of benzene rings is 1. The fourth-order valence-corrected chi connectivity index (χ4v) is 2.00. The van der Waals surface area contributed by atoms with Crippen LogP contribution in [0.25, 0.3) is 0 Å². The molecular weight excluding hydrogens is 269 g/mol. The summed E-state index contributed by atoms with van der Waals surface area (Å²) in [7, 11) is -2.98. The molecule has 1 aromatic rings. The lowest BCUT2D eigenvalue weighted by Gasteiger charge is -2.05. The van der Waals surface area contributed by atoms with Crippen LogP contribution >= 0.6 is 0 Å². The van der Waals surface area contributed by atoms with Gasteiger partial charge in [-0.05, 0) is 6.07 Å². The van der Waals surface area contributed by atoms with Crippen LogP contribution in [-0.4, -0.2) is 32.7 Å². The number of carbonyl (C=O) groups is 1. The van der Waals surface area contributed by atoms with Gasteiger partial charge in [0.2, 0.25) is 0 Å². The van der Waals surface area contributed by atoms with E-state index in [4.69, 9.17) is 0 Å². The summed E-state index contributed by atoms with van der Waals surface area (Å²) in [6.07, 6.45) is 0.721. The van der Waals surface area contributed by atoms with Gasteiger partial charge in [-0.2, -0.15) is 0 Å². The highest BCUT2D eigenvalue weighted by Gasteiger charge is 2.27. The van der Waals surface area contributed by atoms with Crippen LogP contribution in [0.5, 0.6) is 0 Å². The van der Waals surface area contributed by atoms with E-state index in [1.807, 2.05) is 0 Å². The number of carbonyl (C=O) groups excluding carboxylic acids is 1. The highest BCUT2D eigenvalue weighted by Crippen LogP contribution is 2.26. The minimum atomic E-state index is -3.95. The van der Waals surface area contributed by atoms with Gasteiger partial charge in [-0.25, -0.2) is 17.6 Å². The molecule has 1 aromatic carbocycles. The molecular formula is C9H8FNO6S. The highest BCUT2D eigenvalue weighted by atomic mass is 32.2. The first-order chi connectivity index (χ1) is 8.18. The van der Waals surface area contributed by atoms with E-state index in [0.717, 1.165) is 13.4 Å². The highest BCUT2D eigenvalue weighted by molar-refractivity contribution is 7.90. The second-order valence-corrected chi connectivity index (χ2v) is 5.30. The zero-order chi connectivity index (χ0) is 14.1. The molecule has 9 heteroatoms. The van der Waals surface area contributed by atoms with Crippen LogP contribution in [0.3, 0.4) is 0 Å². The largest absolute Gasteiger partial charge is 0.465 e. The van der Waals surface area contributed by atoms with Crippen molar-refractivity contribution in [3.63, 3.8) is 0 Å². The molecule has 0 bridgehead atoms. The van der Waals surface area contributed by atoms with Gasteiger partial charge in [0.25, 0.3) is 5.69 Å². The number of ether oxygens (including phenoxy) is 1. The molecule has 0 spiro atoms. The summed E-state index contributed by atoms with van der Waals surface area (Å²) in [5, 5.41) is 10.6. The summed E-state index contributed by atoms with van der Waals surface area (Å²) in [4.78, 5) is 20.1. The van der Waals surface area contributed by atoms with Gasteiger partial charge in [0, 0.05) is 6.26 Å². The van der Waals surface area contributed by atoms with Gasteiger partial charge in [0.05, 0.1) is 18.1 Å². The van der Waals surface area contributed by atoms with Gasteiger partial charge < -0.3 is 4.74 Å². The molecule has 0 radical (unpaired) electrons. The van der Waals surface area contributed by atoms with Crippen molar-refractivity contribution in [2.75, 3.05) is 13.4 Å². The molecule has 98 valence electrons. The number of hydrogen-bond acceptors (Lipinski definition) is 6. The summed E-state index contributed by atoms with van der Waals surface area (Å²) < 4.78 is 40.2. The Labute approximate surface area is 101 Å². The second-order valence-electron chi connectivity index (χ2n) is 3.32. The smallest absolute Gasteiger partial charge is 0.344 e. The van der Waals surface area contributed by atoms with E-state index in [9.17, 15) is 27.7 Å². The van der Waals surface area contributed by atoms with Crippen molar-refractivity contribution in [3.8, 4) is 0 Å². The number of halogens is 1. The van der Waals surface area contributed by atoms with Gasteiger partial charge >= 0.3 is 5.97 Å². The maximum atomic E-state index is 13.4. The number of nitro benzene ring substituents is 1. The lowest BCUT2D eigenvalue weighted by molar-refractivity contribution is -0.385. The van der Waals surface area contributed by atoms with Crippen LogP contribution in [0.15, 0.2) is 17.0 Å². The fraction of sp³-hybridized carbons (Fsp3) is 0.222. The summed E-state index contributed by atoms with van der Waals surface area (Å²) in [6.45, 7) is 0. The van der Waals surface area contributed by atoms with E-state index in [1.165, 1.54) is 0 Å². The Morgan fingerprint density at radius 2 is 2.00 bits per heavy atom. The minimum Gasteiger partial charge on any atom is -0.465 e. The average Bonchev–Trinajstić information content (AvgIpc) is 2.25. The molecule has 0 N–H and O–H groups in total. The first-order valence-corrected chi connectivity index (χ1v) is 6.34. The number of rotatable bonds is 3. The first kappa shape index (κ1) is 14.0. The average molecular weight is 277 g/mol. The molecule has 0 aliphatic heterocycles. The quantitative estimate of drug-likeness (QED) is 0.462. The summed E-state index contributed by atoms with van der Waals surface area (Å²) in [6, 6.07) is 0.970. The Morgan fingerprint density at radius 1 is 1.44 bits per heavy atom. The molecule has 0 aliphatic rings.